The molecule has 27 heavy (non-hydrogen) atoms. The maximum absolute atomic E-state index is 13.0. The summed E-state index contributed by atoms with van der Waals surface area (Å²) in [5.41, 5.74) is 0.818. The number of carbonyl (C=O) groups excluding carboxylic acids is 2. The van der Waals surface area contributed by atoms with Gasteiger partial charge in [-0.3, -0.25) is 14.5 Å². The van der Waals surface area contributed by atoms with Crippen LogP contribution in [0, 0.1) is 0 Å². The quantitative estimate of drug-likeness (QED) is 0.814. The van der Waals surface area contributed by atoms with Crippen LogP contribution in [0.15, 0.2) is 18.2 Å². The molecule has 8 heteroatoms. The van der Waals surface area contributed by atoms with E-state index in [4.69, 9.17) is 23.2 Å². The van der Waals surface area contributed by atoms with Gasteiger partial charge in [0.25, 0.3) is 0 Å². The number of nitrogens with zero attached hydrogens (tertiary/aromatic N) is 3. The summed E-state index contributed by atoms with van der Waals surface area (Å²) in [5.74, 6) is 0.0411. The Bertz CT molecular complexity index is 715. The van der Waals surface area contributed by atoms with Crippen LogP contribution in [-0.2, 0) is 16.0 Å². The van der Waals surface area contributed by atoms with Crippen LogP contribution in [0.1, 0.15) is 18.9 Å². The SMILES string of the molecule is CC(=O)N1CCN(C(=O)Cc2ccc(Cl)c(Cl)c2)C(CN2CC[C@H](O)C2)C1. The Hall–Kier alpha value is -1.34. The third kappa shape index (κ3) is 5.13. The molecule has 1 unspecified atom stereocenters. The molecule has 6 nitrogen and oxygen atoms in total. The summed E-state index contributed by atoms with van der Waals surface area (Å²) in [6, 6.07) is 5.15. The molecule has 1 N–H and O–H groups in total. The lowest BCUT2D eigenvalue weighted by molar-refractivity contribution is -0.142. The molecule has 2 fully saturated rings. The smallest absolute Gasteiger partial charge is 0.227 e. The van der Waals surface area contributed by atoms with Crippen LogP contribution in [0.25, 0.3) is 0 Å². The molecule has 0 aliphatic carbocycles. The van der Waals surface area contributed by atoms with Crippen molar-refractivity contribution >= 4 is 35.0 Å². The number of piperazine rings is 1. The van der Waals surface area contributed by atoms with Crippen molar-refractivity contribution in [2.75, 3.05) is 39.3 Å². The van der Waals surface area contributed by atoms with E-state index in [1.54, 1.807) is 24.0 Å². The van der Waals surface area contributed by atoms with Gasteiger partial charge in [0, 0.05) is 46.2 Å². The van der Waals surface area contributed by atoms with Gasteiger partial charge in [0.05, 0.1) is 28.6 Å². The first-order valence-corrected chi connectivity index (χ1v) is 9.98. The molecule has 0 aromatic heterocycles. The second-order valence-electron chi connectivity index (χ2n) is 7.33. The standard InChI is InChI=1S/C19H25Cl2N3O3/c1-13(25)23-6-7-24(15(11-23)10-22-5-4-16(26)12-22)19(27)9-14-2-3-17(20)18(21)8-14/h2-3,8,15-16,26H,4-7,9-12H2,1H3/t15?,16-/m0/s1. The van der Waals surface area contributed by atoms with Gasteiger partial charge in [-0.1, -0.05) is 29.3 Å². The van der Waals surface area contributed by atoms with Crippen molar-refractivity contribution in [3.05, 3.63) is 33.8 Å². The predicted octanol–water partition coefficient (Wildman–Crippen LogP) is 1.66. The summed E-state index contributed by atoms with van der Waals surface area (Å²) in [6.07, 6.45) is 0.689. The molecule has 0 bridgehead atoms. The number of benzene rings is 1. The van der Waals surface area contributed by atoms with Crippen molar-refractivity contribution in [2.24, 2.45) is 0 Å². The normalized spacial score (nSPS) is 23.7. The highest BCUT2D eigenvalue weighted by Gasteiger charge is 2.34. The summed E-state index contributed by atoms with van der Waals surface area (Å²) < 4.78 is 0. The molecule has 0 saturated carbocycles. The van der Waals surface area contributed by atoms with Gasteiger partial charge in [0.15, 0.2) is 0 Å². The lowest BCUT2D eigenvalue weighted by Crippen LogP contribution is -2.59. The highest BCUT2D eigenvalue weighted by molar-refractivity contribution is 6.42. The van der Waals surface area contributed by atoms with Gasteiger partial charge in [-0.15, -0.1) is 0 Å². The minimum Gasteiger partial charge on any atom is -0.392 e. The number of amides is 2. The van der Waals surface area contributed by atoms with Crippen LogP contribution < -0.4 is 0 Å². The maximum atomic E-state index is 13.0. The van der Waals surface area contributed by atoms with Crippen LogP contribution in [0.4, 0.5) is 0 Å². The zero-order valence-electron chi connectivity index (χ0n) is 15.4. The van der Waals surface area contributed by atoms with E-state index in [-0.39, 0.29) is 30.4 Å². The van der Waals surface area contributed by atoms with Gasteiger partial charge in [0.1, 0.15) is 0 Å². The van der Waals surface area contributed by atoms with E-state index in [0.717, 1.165) is 18.5 Å². The first-order valence-electron chi connectivity index (χ1n) is 9.23. The zero-order valence-corrected chi connectivity index (χ0v) is 16.9. The number of likely N-dealkylation sites (tertiary alicyclic amines) is 1. The molecular weight excluding hydrogens is 389 g/mol. The van der Waals surface area contributed by atoms with Gasteiger partial charge in [0.2, 0.25) is 11.8 Å². The second-order valence-corrected chi connectivity index (χ2v) is 8.15. The molecule has 2 atom stereocenters. The van der Waals surface area contributed by atoms with Crippen LogP contribution in [0.2, 0.25) is 10.0 Å². The van der Waals surface area contributed by atoms with Gasteiger partial charge >= 0.3 is 0 Å². The van der Waals surface area contributed by atoms with E-state index >= 15 is 0 Å². The van der Waals surface area contributed by atoms with Crippen LogP contribution in [-0.4, -0.2) is 83.0 Å². The van der Waals surface area contributed by atoms with Crippen molar-refractivity contribution in [1.29, 1.82) is 0 Å². The van der Waals surface area contributed by atoms with Crippen molar-refractivity contribution in [2.45, 2.75) is 31.9 Å². The minimum absolute atomic E-state index is 0.0151. The van der Waals surface area contributed by atoms with Crippen molar-refractivity contribution < 1.29 is 14.7 Å². The monoisotopic (exact) mass is 413 g/mol. The summed E-state index contributed by atoms with van der Waals surface area (Å²) in [6.45, 7) is 5.23. The number of aliphatic hydroxyl groups is 1. The zero-order chi connectivity index (χ0) is 19.6. The molecule has 148 valence electrons. The summed E-state index contributed by atoms with van der Waals surface area (Å²) in [4.78, 5) is 30.6. The Labute approximate surface area is 169 Å². The highest BCUT2D eigenvalue weighted by Crippen LogP contribution is 2.24. The Balaban J connectivity index is 1.70. The number of rotatable bonds is 4. The number of hydrogen-bond acceptors (Lipinski definition) is 4. The molecule has 2 amide bonds. The van der Waals surface area contributed by atoms with Gasteiger partial charge in [-0.05, 0) is 24.1 Å². The first kappa shape index (κ1) is 20.4. The fourth-order valence-corrected chi connectivity index (χ4v) is 4.15. The van der Waals surface area contributed by atoms with E-state index in [0.29, 0.717) is 42.8 Å². The molecular formula is C19H25Cl2N3O3. The van der Waals surface area contributed by atoms with E-state index in [1.807, 2.05) is 11.0 Å². The van der Waals surface area contributed by atoms with Crippen molar-refractivity contribution in [3.8, 4) is 0 Å². The molecule has 0 spiro atoms. The summed E-state index contributed by atoms with van der Waals surface area (Å²) in [7, 11) is 0. The van der Waals surface area contributed by atoms with E-state index in [1.165, 1.54) is 0 Å². The molecule has 2 heterocycles. The average molecular weight is 414 g/mol. The van der Waals surface area contributed by atoms with E-state index in [2.05, 4.69) is 4.90 Å². The predicted molar refractivity (Wildman–Crippen MR) is 105 cm³/mol. The summed E-state index contributed by atoms with van der Waals surface area (Å²) >= 11 is 12.0. The van der Waals surface area contributed by atoms with Gasteiger partial charge in [-0.2, -0.15) is 0 Å². The number of β-amino-alcohol motifs (C(OH)–C–C–N with tert-alkyl or cyclic N) is 1. The molecule has 1 aromatic carbocycles. The Kier molecular flexibility index (Phi) is 6.63. The third-order valence-electron chi connectivity index (χ3n) is 5.30. The molecule has 2 aliphatic heterocycles. The lowest BCUT2D eigenvalue weighted by atomic mass is 10.1. The Morgan fingerprint density at radius 3 is 2.56 bits per heavy atom. The van der Waals surface area contributed by atoms with E-state index in [9.17, 15) is 14.7 Å². The molecule has 0 radical (unpaired) electrons. The first-order chi connectivity index (χ1) is 12.8. The number of aliphatic hydroxyl groups excluding tert-OH is 1. The molecule has 1 aromatic rings. The minimum atomic E-state index is -0.308. The lowest BCUT2D eigenvalue weighted by Gasteiger charge is -2.42. The molecule has 2 aliphatic rings. The maximum Gasteiger partial charge on any atom is 0.227 e. The van der Waals surface area contributed by atoms with Gasteiger partial charge in [-0.25, -0.2) is 0 Å². The molecule has 3 rings (SSSR count). The fraction of sp³-hybridized carbons (Fsp3) is 0.579. The van der Waals surface area contributed by atoms with Crippen LogP contribution >= 0.6 is 23.2 Å². The van der Waals surface area contributed by atoms with Crippen molar-refractivity contribution in [3.63, 3.8) is 0 Å². The average Bonchev–Trinajstić information content (AvgIpc) is 3.02. The number of hydrogen-bond donors (Lipinski definition) is 1. The van der Waals surface area contributed by atoms with Crippen LogP contribution in [0.5, 0.6) is 0 Å². The van der Waals surface area contributed by atoms with Gasteiger partial charge < -0.3 is 14.9 Å². The molecule has 2 saturated heterocycles. The highest BCUT2D eigenvalue weighted by atomic mass is 35.5. The summed E-state index contributed by atoms with van der Waals surface area (Å²) in [5, 5.41) is 10.7. The Morgan fingerprint density at radius 2 is 1.93 bits per heavy atom. The van der Waals surface area contributed by atoms with Crippen molar-refractivity contribution in [1.82, 2.24) is 14.7 Å². The topological polar surface area (TPSA) is 64.1 Å². The fourth-order valence-electron chi connectivity index (χ4n) is 3.83. The largest absolute Gasteiger partial charge is 0.392 e. The number of carbonyl (C=O) groups is 2. The second kappa shape index (κ2) is 8.78. The number of halogens is 2. The van der Waals surface area contributed by atoms with Crippen LogP contribution in [0.3, 0.4) is 0 Å². The third-order valence-corrected chi connectivity index (χ3v) is 6.04. The Morgan fingerprint density at radius 1 is 1.15 bits per heavy atom. The van der Waals surface area contributed by atoms with E-state index < -0.39 is 0 Å².